The van der Waals surface area contributed by atoms with Crippen LogP contribution in [0.4, 0.5) is 0 Å². The van der Waals surface area contributed by atoms with Gasteiger partial charge in [0.2, 0.25) is 10.0 Å². The van der Waals surface area contributed by atoms with Crippen LogP contribution in [0.2, 0.25) is 0 Å². The van der Waals surface area contributed by atoms with E-state index in [1.165, 1.54) is 4.31 Å². The highest BCUT2D eigenvalue weighted by Gasteiger charge is 2.49. The minimum absolute atomic E-state index is 0.0678. The van der Waals surface area contributed by atoms with Gasteiger partial charge in [-0.1, -0.05) is 13.8 Å². The highest BCUT2D eigenvalue weighted by atomic mass is 32.2. The van der Waals surface area contributed by atoms with Gasteiger partial charge in [0.05, 0.1) is 11.7 Å². The van der Waals surface area contributed by atoms with E-state index in [1.54, 1.807) is 0 Å². The molecule has 0 aromatic rings. The van der Waals surface area contributed by atoms with E-state index in [0.29, 0.717) is 13.0 Å². The highest BCUT2D eigenvalue weighted by molar-refractivity contribution is 7.88. The molecule has 0 aromatic carbocycles. The first kappa shape index (κ1) is 12.4. The predicted molar refractivity (Wildman–Crippen MR) is 55.9 cm³/mol. The van der Waals surface area contributed by atoms with Crippen molar-refractivity contribution in [3.8, 4) is 0 Å². The van der Waals surface area contributed by atoms with E-state index < -0.39 is 21.4 Å². The van der Waals surface area contributed by atoms with Gasteiger partial charge in [-0.05, 0) is 12.3 Å². The lowest BCUT2D eigenvalue weighted by Gasteiger charge is -2.28. The summed E-state index contributed by atoms with van der Waals surface area (Å²) < 4.78 is 23.9. The lowest BCUT2D eigenvalue weighted by Crippen LogP contribution is -2.40. The molecular formula is C9H17NO4S. The lowest BCUT2D eigenvalue weighted by atomic mass is 9.77. The van der Waals surface area contributed by atoms with Crippen LogP contribution < -0.4 is 0 Å². The van der Waals surface area contributed by atoms with Crippen LogP contribution in [-0.2, 0) is 14.8 Å². The van der Waals surface area contributed by atoms with Gasteiger partial charge in [0.25, 0.3) is 0 Å². The van der Waals surface area contributed by atoms with Crippen LogP contribution in [0.15, 0.2) is 0 Å². The van der Waals surface area contributed by atoms with Crippen LogP contribution in [0, 0.1) is 11.3 Å². The Morgan fingerprint density at radius 2 is 2.00 bits per heavy atom. The summed E-state index contributed by atoms with van der Waals surface area (Å²) in [5, 5.41) is 9.20. The molecule has 6 heteroatoms. The second-order valence-corrected chi connectivity index (χ2v) is 6.44. The van der Waals surface area contributed by atoms with E-state index in [1.807, 2.05) is 13.8 Å². The zero-order valence-corrected chi connectivity index (χ0v) is 10.0. The van der Waals surface area contributed by atoms with Crippen molar-refractivity contribution in [2.45, 2.75) is 20.3 Å². The normalized spacial score (nSPS) is 28.5. The van der Waals surface area contributed by atoms with Crippen LogP contribution in [0.5, 0.6) is 0 Å². The molecule has 0 amide bonds. The van der Waals surface area contributed by atoms with Gasteiger partial charge in [-0.2, -0.15) is 0 Å². The van der Waals surface area contributed by atoms with E-state index in [-0.39, 0.29) is 12.5 Å². The number of aliphatic carboxylic acids is 1. The lowest BCUT2D eigenvalue weighted by molar-refractivity contribution is -0.150. The molecule has 0 radical (unpaired) electrons. The number of carboxylic acids is 1. The van der Waals surface area contributed by atoms with E-state index in [9.17, 15) is 18.3 Å². The second-order valence-electron chi connectivity index (χ2n) is 4.46. The molecule has 1 atom stereocenters. The Bertz CT molecular complexity index is 362. The molecule has 5 nitrogen and oxygen atoms in total. The topological polar surface area (TPSA) is 74.7 Å². The Kier molecular flexibility index (Phi) is 3.11. The number of carbonyl (C=O) groups is 1. The standard InChI is InChI=1S/C9H17NO4S/c1-7(2)9(8(11)12)4-5-10(6-9)15(3,13)14/h7H,4-6H2,1-3H3,(H,11,12). The van der Waals surface area contributed by atoms with Crippen molar-refractivity contribution in [3.63, 3.8) is 0 Å². The second kappa shape index (κ2) is 3.75. The third-order valence-corrected chi connectivity index (χ3v) is 4.52. The maximum atomic E-state index is 11.3. The minimum Gasteiger partial charge on any atom is -0.481 e. The van der Waals surface area contributed by atoms with Crippen LogP contribution in [0.1, 0.15) is 20.3 Å². The van der Waals surface area contributed by atoms with Gasteiger partial charge in [0, 0.05) is 13.1 Å². The highest BCUT2D eigenvalue weighted by Crippen LogP contribution is 2.38. The summed E-state index contributed by atoms with van der Waals surface area (Å²) in [4.78, 5) is 11.2. The minimum atomic E-state index is -3.27. The fraction of sp³-hybridized carbons (Fsp3) is 0.889. The average Bonchev–Trinajstić information content (AvgIpc) is 2.46. The van der Waals surface area contributed by atoms with Crippen molar-refractivity contribution >= 4 is 16.0 Å². The van der Waals surface area contributed by atoms with Gasteiger partial charge in [-0.15, -0.1) is 0 Å². The van der Waals surface area contributed by atoms with Gasteiger partial charge in [-0.25, -0.2) is 12.7 Å². The number of hydrogen-bond acceptors (Lipinski definition) is 3. The average molecular weight is 235 g/mol. The molecule has 1 aliphatic heterocycles. The summed E-state index contributed by atoms with van der Waals surface area (Å²) in [6, 6.07) is 0. The summed E-state index contributed by atoms with van der Waals surface area (Å²) in [6.07, 6.45) is 1.51. The molecule has 15 heavy (non-hydrogen) atoms. The van der Waals surface area contributed by atoms with Crippen molar-refractivity contribution in [2.24, 2.45) is 11.3 Å². The molecule has 1 saturated heterocycles. The smallest absolute Gasteiger partial charge is 0.311 e. The Labute approximate surface area is 90.1 Å². The molecule has 0 saturated carbocycles. The predicted octanol–water partition coefficient (Wildman–Crippen LogP) is 0.379. The fourth-order valence-electron chi connectivity index (χ4n) is 1.97. The zero-order chi connectivity index (χ0) is 11.9. The summed E-state index contributed by atoms with van der Waals surface area (Å²) in [7, 11) is -3.27. The molecule has 0 bridgehead atoms. The Morgan fingerprint density at radius 1 is 1.47 bits per heavy atom. The molecule has 1 rings (SSSR count). The Hall–Kier alpha value is -0.620. The molecule has 1 N–H and O–H groups in total. The van der Waals surface area contributed by atoms with E-state index in [0.717, 1.165) is 6.26 Å². The number of rotatable bonds is 3. The quantitative estimate of drug-likeness (QED) is 0.767. The molecule has 1 fully saturated rings. The van der Waals surface area contributed by atoms with Gasteiger partial charge in [0.1, 0.15) is 0 Å². The van der Waals surface area contributed by atoms with Crippen LogP contribution >= 0.6 is 0 Å². The zero-order valence-electron chi connectivity index (χ0n) is 9.23. The SMILES string of the molecule is CC(C)C1(C(=O)O)CCN(S(C)(=O)=O)C1. The summed E-state index contributed by atoms with van der Waals surface area (Å²) >= 11 is 0. The van der Waals surface area contributed by atoms with Gasteiger partial charge in [0.15, 0.2) is 0 Å². The Morgan fingerprint density at radius 3 is 2.20 bits per heavy atom. The molecule has 0 aliphatic carbocycles. The third kappa shape index (κ3) is 2.15. The fourth-order valence-corrected chi connectivity index (χ4v) is 2.86. The van der Waals surface area contributed by atoms with Crippen molar-refractivity contribution in [1.29, 1.82) is 0 Å². The first-order valence-electron chi connectivity index (χ1n) is 4.88. The van der Waals surface area contributed by atoms with Crippen molar-refractivity contribution in [1.82, 2.24) is 4.31 Å². The summed E-state index contributed by atoms with van der Waals surface area (Å²) in [6.45, 7) is 4.04. The molecule has 0 aromatic heterocycles. The summed E-state index contributed by atoms with van der Waals surface area (Å²) in [5.74, 6) is -0.967. The molecule has 1 heterocycles. The number of hydrogen-bond donors (Lipinski definition) is 1. The van der Waals surface area contributed by atoms with Crippen molar-refractivity contribution < 1.29 is 18.3 Å². The molecule has 1 unspecified atom stereocenters. The van der Waals surface area contributed by atoms with Gasteiger partial charge >= 0.3 is 5.97 Å². The van der Waals surface area contributed by atoms with Gasteiger partial charge < -0.3 is 5.11 Å². The van der Waals surface area contributed by atoms with Crippen LogP contribution in [0.25, 0.3) is 0 Å². The maximum absolute atomic E-state index is 11.3. The molecule has 88 valence electrons. The molecule has 1 aliphatic rings. The van der Waals surface area contributed by atoms with E-state index in [2.05, 4.69) is 0 Å². The summed E-state index contributed by atoms with van der Waals surface area (Å²) in [5.41, 5.74) is -0.914. The first-order chi connectivity index (χ1) is 6.70. The molecule has 0 spiro atoms. The third-order valence-electron chi connectivity index (χ3n) is 3.27. The van der Waals surface area contributed by atoms with E-state index >= 15 is 0 Å². The van der Waals surface area contributed by atoms with Crippen molar-refractivity contribution in [2.75, 3.05) is 19.3 Å². The monoisotopic (exact) mass is 235 g/mol. The molecular weight excluding hydrogens is 218 g/mol. The largest absolute Gasteiger partial charge is 0.481 e. The maximum Gasteiger partial charge on any atom is 0.311 e. The van der Waals surface area contributed by atoms with Crippen LogP contribution in [-0.4, -0.2) is 43.1 Å². The number of carboxylic acid groups (broad SMARTS) is 1. The van der Waals surface area contributed by atoms with Crippen LogP contribution in [0.3, 0.4) is 0 Å². The number of nitrogens with zero attached hydrogens (tertiary/aromatic N) is 1. The Balaban J connectivity index is 2.96. The van der Waals surface area contributed by atoms with Gasteiger partial charge in [-0.3, -0.25) is 4.79 Å². The first-order valence-corrected chi connectivity index (χ1v) is 6.73. The van der Waals surface area contributed by atoms with Crippen molar-refractivity contribution in [3.05, 3.63) is 0 Å². The van der Waals surface area contributed by atoms with E-state index in [4.69, 9.17) is 0 Å². The number of sulfonamides is 1.